The van der Waals surface area contributed by atoms with E-state index in [0.29, 0.717) is 49.5 Å². The summed E-state index contributed by atoms with van der Waals surface area (Å²) in [6, 6.07) is 0.597. The Morgan fingerprint density at radius 3 is 1.96 bits per heavy atom. The van der Waals surface area contributed by atoms with Crippen LogP contribution in [-0.2, 0) is 0 Å². The fraction of sp³-hybridized carbons (Fsp3) is 1.00. The minimum Gasteiger partial charge on any atom is -0.303 e. The first kappa shape index (κ1) is 22.4. The molecule has 5 heteroatoms. The van der Waals surface area contributed by atoms with Crippen LogP contribution in [-0.4, -0.2) is 36.1 Å². The van der Waals surface area contributed by atoms with Crippen molar-refractivity contribution in [1.82, 2.24) is 4.90 Å². The summed E-state index contributed by atoms with van der Waals surface area (Å²) >= 11 is 0. The van der Waals surface area contributed by atoms with Crippen LogP contribution in [0.15, 0.2) is 0 Å². The molecule has 1 aliphatic heterocycles. The molecule has 0 radical (unpaired) electrons. The molecule has 1 heterocycles. The van der Waals surface area contributed by atoms with Crippen molar-refractivity contribution in [2.75, 3.05) is 13.6 Å². The van der Waals surface area contributed by atoms with Gasteiger partial charge in [-0.1, -0.05) is 6.42 Å². The van der Waals surface area contributed by atoms with Gasteiger partial charge in [0.05, 0.1) is 0 Å². The predicted molar refractivity (Wildman–Crippen MR) is 107 cm³/mol. The molecule has 2 unspecified atom stereocenters. The van der Waals surface area contributed by atoms with Gasteiger partial charge < -0.3 is 4.90 Å². The van der Waals surface area contributed by atoms with Crippen molar-refractivity contribution in [3.05, 3.63) is 0 Å². The molecule has 26 heavy (non-hydrogen) atoms. The average molecular weight is 394 g/mol. The summed E-state index contributed by atoms with van der Waals surface area (Å²) in [4.78, 5) is 2.48. The van der Waals surface area contributed by atoms with E-state index in [2.05, 4.69) is 11.9 Å². The first-order chi connectivity index (χ1) is 11.8. The van der Waals surface area contributed by atoms with Gasteiger partial charge in [-0.25, -0.2) is 13.2 Å². The Morgan fingerprint density at radius 2 is 1.42 bits per heavy atom. The predicted octanol–water partition coefficient (Wildman–Crippen LogP) is 6.33. The number of halogens is 3. The van der Waals surface area contributed by atoms with E-state index in [4.69, 9.17) is 0 Å². The van der Waals surface area contributed by atoms with E-state index in [0.717, 1.165) is 25.8 Å². The molecule has 0 aromatic heterocycles. The number of hydrogen-bond donors (Lipinski definition) is 0. The van der Waals surface area contributed by atoms with Gasteiger partial charge in [-0.2, -0.15) is 13.5 Å². The lowest BCUT2D eigenvalue weighted by Crippen LogP contribution is -2.42. The molecule has 154 valence electrons. The van der Waals surface area contributed by atoms with Crippen molar-refractivity contribution >= 4 is 13.5 Å². The van der Waals surface area contributed by atoms with Gasteiger partial charge in [0.1, 0.15) is 5.67 Å². The second-order valence-corrected chi connectivity index (χ2v) is 9.47. The maximum atomic E-state index is 14.3. The third-order valence-electron chi connectivity index (χ3n) is 7.51. The van der Waals surface area contributed by atoms with Crippen LogP contribution in [0, 0.1) is 17.8 Å². The number of hydrogen-bond acceptors (Lipinski definition) is 1. The molecule has 0 N–H and O–H groups in total. The molecular formula is C21H38F3NS. The van der Waals surface area contributed by atoms with Crippen LogP contribution < -0.4 is 0 Å². The zero-order valence-corrected chi connectivity index (χ0v) is 17.6. The van der Waals surface area contributed by atoms with Gasteiger partial charge in [0, 0.05) is 18.9 Å². The van der Waals surface area contributed by atoms with E-state index in [1.807, 2.05) is 0 Å². The minimum atomic E-state index is -2.45. The van der Waals surface area contributed by atoms with Crippen LogP contribution in [0.2, 0.25) is 0 Å². The van der Waals surface area contributed by atoms with Gasteiger partial charge in [0.25, 0.3) is 0 Å². The van der Waals surface area contributed by atoms with E-state index < -0.39 is 11.6 Å². The van der Waals surface area contributed by atoms with Crippen LogP contribution >= 0.6 is 13.5 Å². The third kappa shape index (κ3) is 5.80. The topological polar surface area (TPSA) is 3.24 Å². The lowest BCUT2D eigenvalue weighted by molar-refractivity contribution is -0.0619. The molecule has 1 nitrogen and oxygen atoms in total. The molecule has 3 rings (SSSR count). The SMILES string of the molecule is CN1CCCCC1CC(C1CCC(C)(F)CC1)C1CCC(F)(F)CC1.S. The summed E-state index contributed by atoms with van der Waals surface area (Å²) < 4.78 is 41.6. The standard InChI is InChI=1S/C21H36F3N.H2S/c1-20(22)10-6-16(7-11-20)19(15-18-5-3-4-14-25(18)2)17-8-12-21(23,24)13-9-17;/h16-19H,3-15H2,1-2H3;1H2. The zero-order chi connectivity index (χ0) is 18.1. The summed E-state index contributed by atoms with van der Waals surface area (Å²) in [6.07, 6.45) is 9.58. The molecule has 0 bridgehead atoms. The van der Waals surface area contributed by atoms with Crippen molar-refractivity contribution in [1.29, 1.82) is 0 Å². The largest absolute Gasteiger partial charge is 0.303 e. The highest BCUT2D eigenvalue weighted by molar-refractivity contribution is 7.59. The van der Waals surface area contributed by atoms with Crippen LogP contribution in [0.4, 0.5) is 13.2 Å². The van der Waals surface area contributed by atoms with Gasteiger partial charge in [0.2, 0.25) is 5.92 Å². The minimum absolute atomic E-state index is 0. The second-order valence-electron chi connectivity index (χ2n) is 9.47. The summed E-state index contributed by atoms with van der Waals surface area (Å²) in [5.74, 6) is -0.982. The van der Waals surface area contributed by atoms with Crippen molar-refractivity contribution in [2.24, 2.45) is 17.8 Å². The van der Waals surface area contributed by atoms with Crippen LogP contribution in [0.5, 0.6) is 0 Å². The Kier molecular flexibility index (Phi) is 7.81. The quantitative estimate of drug-likeness (QED) is 0.539. The lowest BCUT2D eigenvalue weighted by atomic mass is 9.65. The van der Waals surface area contributed by atoms with Crippen LogP contribution in [0.25, 0.3) is 0 Å². The summed E-state index contributed by atoms with van der Waals surface area (Å²) in [5.41, 5.74) is -1.01. The third-order valence-corrected chi connectivity index (χ3v) is 7.51. The van der Waals surface area contributed by atoms with Crippen LogP contribution in [0.3, 0.4) is 0 Å². The van der Waals surface area contributed by atoms with E-state index in [9.17, 15) is 13.2 Å². The number of nitrogens with zero attached hydrogens (tertiary/aromatic N) is 1. The average Bonchev–Trinajstić information content (AvgIpc) is 2.55. The number of piperidine rings is 1. The fourth-order valence-corrected chi connectivity index (χ4v) is 5.69. The zero-order valence-electron chi connectivity index (χ0n) is 16.6. The van der Waals surface area contributed by atoms with E-state index in [1.54, 1.807) is 6.92 Å². The maximum absolute atomic E-state index is 14.3. The highest BCUT2D eigenvalue weighted by atomic mass is 32.1. The number of likely N-dealkylation sites (tertiary alicyclic amines) is 1. The molecule has 0 amide bonds. The molecule has 1 saturated heterocycles. The summed E-state index contributed by atoms with van der Waals surface area (Å²) in [6.45, 7) is 2.89. The van der Waals surface area contributed by atoms with Crippen molar-refractivity contribution in [3.63, 3.8) is 0 Å². The Hall–Kier alpha value is 0.100. The first-order valence-corrected chi connectivity index (χ1v) is 10.5. The van der Waals surface area contributed by atoms with E-state index in [-0.39, 0.29) is 26.3 Å². The van der Waals surface area contributed by atoms with Crippen molar-refractivity contribution in [3.8, 4) is 0 Å². The second kappa shape index (κ2) is 9.07. The normalized spacial score (nSPS) is 37.7. The molecule has 3 fully saturated rings. The fourth-order valence-electron chi connectivity index (χ4n) is 5.69. The Balaban J connectivity index is 0.00000243. The maximum Gasteiger partial charge on any atom is 0.248 e. The number of alkyl halides is 3. The highest BCUT2D eigenvalue weighted by Gasteiger charge is 2.42. The van der Waals surface area contributed by atoms with Gasteiger partial charge >= 0.3 is 0 Å². The molecular weight excluding hydrogens is 355 g/mol. The Morgan fingerprint density at radius 1 is 0.885 bits per heavy atom. The molecule has 2 atom stereocenters. The van der Waals surface area contributed by atoms with E-state index in [1.165, 1.54) is 19.3 Å². The van der Waals surface area contributed by atoms with Gasteiger partial charge in [0.15, 0.2) is 0 Å². The van der Waals surface area contributed by atoms with Gasteiger partial charge in [-0.15, -0.1) is 0 Å². The molecule has 2 aliphatic carbocycles. The van der Waals surface area contributed by atoms with Crippen LogP contribution in [0.1, 0.15) is 84.0 Å². The molecule has 0 aromatic rings. The molecule has 0 aromatic carbocycles. The van der Waals surface area contributed by atoms with Gasteiger partial charge in [-0.3, -0.25) is 0 Å². The molecule has 0 spiro atoms. The summed E-state index contributed by atoms with van der Waals surface area (Å²) in [7, 11) is 2.22. The molecule has 2 saturated carbocycles. The van der Waals surface area contributed by atoms with E-state index >= 15 is 0 Å². The van der Waals surface area contributed by atoms with Gasteiger partial charge in [-0.05, 0) is 96.1 Å². The highest BCUT2D eigenvalue weighted by Crippen LogP contribution is 2.48. The first-order valence-electron chi connectivity index (χ1n) is 10.5. The monoisotopic (exact) mass is 393 g/mol. The van der Waals surface area contributed by atoms with Crippen molar-refractivity contribution < 1.29 is 13.2 Å². The lowest BCUT2D eigenvalue weighted by Gasteiger charge is -2.44. The van der Waals surface area contributed by atoms with Crippen molar-refractivity contribution in [2.45, 2.75) is 102 Å². The Labute approximate surface area is 164 Å². The number of rotatable bonds is 4. The summed E-state index contributed by atoms with van der Waals surface area (Å²) in [5, 5.41) is 0. The smallest absolute Gasteiger partial charge is 0.248 e. The molecule has 3 aliphatic rings. The Bertz CT molecular complexity index is 395.